The highest BCUT2D eigenvalue weighted by molar-refractivity contribution is 7.11. The average molecular weight is 303 g/mol. The summed E-state index contributed by atoms with van der Waals surface area (Å²) in [5.74, 6) is 0. The van der Waals surface area contributed by atoms with E-state index in [1.54, 1.807) is 22.7 Å². The summed E-state index contributed by atoms with van der Waals surface area (Å²) in [6, 6.07) is 8.51. The van der Waals surface area contributed by atoms with Gasteiger partial charge in [-0.05, 0) is 35.0 Å². The molecule has 1 saturated heterocycles. The van der Waals surface area contributed by atoms with Crippen LogP contribution in [0.15, 0.2) is 47.2 Å². The monoisotopic (exact) mass is 303 g/mol. The molecule has 3 rings (SSSR count). The smallest absolute Gasteiger partial charge is 0.0642 e. The Hall–Kier alpha value is -1.36. The second-order valence-electron chi connectivity index (χ2n) is 4.50. The Bertz CT molecular complexity index is 564. The van der Waals surface area contributed by atoms with Gasteiger partial charge in [-0.15, -0.1) is 22.7 Å². The molecule has 1 aliphatic heterocycles. The lowest BCUT2D eigenvalue weighted by Gasteiger charge is -2.30. The molecular formula is C16H17NOS2. The van der Waals surface area contributed by atoms with Gasteiger partial charge >= 0.3 is 0 Å². The Morgan fingerprint density at radius 2 is 1.90 bits per heavy atom. The first kappa shape index (κ1) is 13.6. The second-order valence-corrected chi connectivity index (χ2v) is 6.43. The third kappa shape index (κ3) is 3.39. The molecule has 0 bridgehead atoms. The third-order valence-electron chi connectivity index (χ3n) is 3.18. The summed E-state index contributed by atoms with van der Waals surface area (Å²) >= 11 is 3.55. The van der Waals surface area contributed by atoms with Crippen LogP contribution < -0.4 is 0 Å². The van der Waals surface area contributed by atoms with Crippen LogP contribution in [0.1, 0.15) is 9.75 Å². The van der Waals surface area contributed by atoms with E-state index in [0.29, 0.717) is 0 Å². The summed E-state index contributed by atoms with van der Waals surface area (Å²) in [4.78, 5) is 5.02. The highest BCUT2D eigenvalue weighted by atomic mass is 32.1. The van der Waals surface area contributed by atoms with E-state index in [-0.39, 0.29) is 0 Å². The largest absolute Gasteiger partial charge is 0.378 e. The van der Waals surface area contributed by atoms with Gasteiger partial charge < -0.3 is 9.64 Å². The lowest BCUT2D eigenvalue weighted by molar-refractivity contribution is 0.0641. The van der Waals surface area contributed by atoms with Gasteiger partial charge in [0.25, 0.3) is 0 Å². The predicted octanol–water partition coefficient (Wildman–Crippen LogP) is 4.20. The number of thiophene rings is 2. The SMILES string of the molecule is C(=C\c1cccs1)/C=C(\c1cccs1)N1CCOCC1. The maximum absolute atomic E-state index is 5.45. The van der Waals surface area contributed by atoms with Crippen LogP contribution in [0.4, 0.5) is 0 Å². The van der Waals surface area contributed by atoms with E-state index in [1.807, 2.05) is 0 Å². The lowest BCUT2D eigenvalue weighted by atomic mass is 10.2. The molecule has 0 saturated carbocycles. The molecule has 0 aliphatic carbocycles. The van der Waals surface area contributed by atoms with Crippen LogP contribution in [0.25, 0.3) is 11.8 Å². The standard InChI is InChI=1S/C16H17NOS2/c1(4-14-5-2-12-19-14)6-15(16-7-3-13-20-16)17-8-10-18-11-9-17/h1-7,12-13H,8-11H2/b4-1+,15-6+. The molecule has 0 radical (unpaired) electrons. The Labute approximate surface area is 127 Å². The molecule has 3 heterocycles. The Kier molecular flexibility index (Phi) is 4.69. The van der Waals surface area contributed by atoms with Crippen LogP contribution in [0, 0.1) is 0 Å². The topological polar surface area (TPSA) is 12.5 Å². The Morgan fingerprint density at radius 1 is 1.10 bits per heavy atom. The molecule has 0 atom stereocenters. The third-order valence-corrected chi connectivity index (χ3v) is 4.91. The Morgan fingerprint density at radius 3 is 2.60 bits per heavy atom. The predicted molar refractivity (Wildman–Crippen MR) is 88.0 cm³/mol. The minimum atomic E-state index is 0.817. The van der Waals surface area contributed by atoms with Gasteiger partial charge in [-0.3, -0.25) is 0 Å². The summed E-state index contributed by atoms with van der Waals surface area (Å²) in [6.07, 6.45) is 6.53. The average Bonchev–Trinajstić information content (AvgIpc) is 3.18. The van der Waals surface area contributed by atoms with E-state index >= 15 is 0 Å². The van der Waals surface area contributed by atoms with Crippen molar-refractivity contribution in [2.45, 2.75) is 0 Å². The fourth-order valence-electron chi connectivity index (χ4n) is 2.19. The van der Waals surface area contributed by atoms with Gasteiger partial charge in [0.15, 0.2) is 0 Å². The van der Waals surface area contributed by atoms with E-state index in [2.05, 4.69) is 58.2 Å². The fraction of sp³-hybridized carbons (Fsp3) is 0.250. The highest BCUT2D eigenvalue weighted by Gasteiger charge is 2.15. The molecule has 2 aromatic heterocycles. The van der Waals surface area contributed by atoms with E-state index in [1.165, 1.54) is 15.5 Å². The minimum Gasteiger partial charge on any atom is -0.378 e. The summed E-state index contributed by atoms with van der Waals surface area (Å²) in [6.45, 7) is 3.57. The summed E-state index contributed by atoms with van der Waals surface area (Å²) in [5.41, 5.74) is 1.30. The van der Waals surface area contributed by atoms with E-state index in [9.17, 15) is 0 Å². The van der Waals surface area contributed by atoms with Crippen molar-refractivity contribution in [2.75, 3.05) is 26.3 Å². The fourth-order valence-corrected chi connectivity index (χ4v) is 3.60. The van der Waals surface area contributed by atoms with Crippen LogP contribution in [-0.4, -0.2) is 31.2 Å². The van der Waals surface area contributed by atoms with Gasteiger partial charge in [-0.1, -0.05) is 18.2 Å². The zero-order valence-corrected chi connectivity index (χ0v) is 12.8. The van der Waals surface area contributed by atoms with Crippen LogP contribution in [0.2, 0.25) is 0 Å². The molecule has 2 nitrogen and oxygen atoms in total. The molecule has 104 valence electrons. The van der Waals surface area contributed by atoms with Crippen molar-refractivity contribution >= 4 is 34.4 Å². The molecule has 2 aromatic rings. The molecule has 1 fully saturated rings. The van der Waals surface area contributed by atoms with Crippen molar-refractivity contribution in [3.05, 3.63) is 56.9 Å². The number of hydrogen-bond donors (Lipinski definition) is 0. The van der Waals surface area contributed by atoms with Crippen LogP contribution >= 0.6 is 22.7 Å². The van der Waals surface area contributed by atoms with E-state index in [0.717, 1.165) is 26.3 Å². The van der Waals surface area contributed by atoms with Gasteiger partial charge in [0.05, 0.1) is 23.8 Å². The van der Waals surface area contributed by atoms with Gasteiger partial charge in [0, 0.05) is 18.0 Å². The molecule has 0 aromatic carbocycles. The maximum Gasteiger partial charge on any atom is 0.0642 e. The van der Waals surface area contributed by atoms with Gasteiger partial charge in [-0.25, -0.2) is 0 Å². The van der Waals surface area contributed by atoms with Crippen LogP contribution in [0.5, 0.6) is 0 Å². The van der Waals surface area contributed by atoms with Crippen molar-refractivity contribution < 1.29 is 4.74 Å². The first-order chi connectivity index (χ1) is 9.93. The zero-order valence-electron chi connectivity index (χ0n) is 11.2. The number of hydrogen-bond acceptors (Lipinski definition) is 4. The van der Waals surface area contributed by atoms with Crippen molar-refractivity contribution in [3.63, 3.8) is 0 Å². The maximum atomic E-state index is 5.45. The zero-order chi connectivity index (χ0) is 13.6. The molecule has 20 heavy (non-hydrogen) atoms. The number of morpholine rings is 1. The first-order valence-electron chi connectivity index (χ1n) is 6.72. The summed E-state index contributed by atoms with van der Waals surface area (Å²) in [7, 11) is 0. The van der Waals surface area contributed by atoms with Crippen molar-refractivity contribution in [1.82, 2.24) is 4.90 Å². The van der Waals surface area contributed by atoms with Gasteiger partial charge in [-0.2, -0.15) is 0 Å². The van der Waals surface area contributed by atoms with Gasteiger partial charge in [0.2, 0.25) is 0 Å². The van der Waals surface area contributed by atoms with Gasteiger partial charge in [0.1, 0.15) is 0 Å². The van der Waals surface area contributed by atoms with Crippen molar-refractivity contribution in [3.8, 4) is 0 Å². The van der Waals surface area contributed by atoms with E-state index in [4.69, 9.17) is 4.74 Å². The second kappa shape index (κ2) is 6.88. The van der Waals surface area contributed by atoms with Crippen LogP contribution in [-0.2, 0) is 4.74 Å². The number of allylic oxidation sites excluding steroid dienone is 2. The molecule has 0 N–H and O–H groups in total. The number of rotatable bonds is 4. The number of ether oxygens (including phenoxy) is 1. The molecule has 4 heteroatoms. The Balaban J connectivity index is 1.81. The molecule has 0 spiro atoms. The number of nitrogens with zero attached hydrogens (tertiary/aromatic N) is 1. The molecular weight excluding hydrogens is 286 g/mol. The van der Waals surface area contributed by atoms with Crippen molar-refractivity contribution in [1.29, 1.82) is 0 Å². The molecule has 0 unspecified atom stereocenters. The molecule has 0 amide bonds. The van der Waals surface area contributed by atoms with E-state index < -0.39 is 0 Å². The van der Waals surface area contributed by atoms with Crippen molar-refractivity contribution in [2.24, 2.45) is 0 Å². The van der Waals surface area contributed by atoms with Crippen LogP contribution in [0.3, 0.4) is 0 Å². The summed E-state index contributed by atoms with van der Waals surface area (Å²) in [5, 5.41) is 4.23. The minimum absolute atomic E-state index is 0.817. The lowest BCUT2D eigenvalue weighted by Crippen LogP contribution is -2.34. The quantitative estimate of drug-likeness (QED) is 0.785. The normalized spacial score (nSPS) is 17.0. The summed E-state index contributed by atoms with van der Waals surface area (Å²) < 4.78 is 5.45. The highest BCUT2D eigenvalue weighted by Crippen LogP contribution is 2.25. The first-order valence-corrected chi connectivity index (χ1v) is 8.48. The molecule has 1 aliphatic rings.